The number of rotatable bonds is 4. The second-order valence-electron chi connectivity index (χ2n) is 10.1. The number of carbonyl (C=O) groups is 1. The van der Waals surface area contributed by atoms with Crippen LogP contribution in [0.1, 0.15) is 71.6 Å². The first-order chi connectivity index (χ1) is 13.5. The maximum atomic E-state index is 12.7. The maximum absolute atomic E-state index is 12.7. The van der Waals surface area contributed by atoms with Crippen molar-refractivity contribution in [3.05, 3.63) is 0 Å². The molecule has 3 saturated heterocycles. The van der Waals surface area contributed by atoms with Crippen molar-refractivity contribution in [3.63, 3.8) is 0 Å². The van der Waals surface area contributed by atoms with Crippen LogP contribution in [0.15, 0.2) is 0 Å². The van der Waals surface area contributed by atoms with E-state index in [1.807, 2.05) is 0 Å². The van der Waals surface area contributed by atoms with Crippen molar-refractivity contribution in [2.75, 3.05) is 45.9 Å². The number of hydrogen-bond acceptors (Lipinski definition) is 4. The number of likely N-dealkylation sites (tertiary alicyclic amines) is 1. The summed E-state index contributed by atoms with van der Waals surface area (Å²) >= 11 is 0. The number of carbonyl (C=O) groups excluding carboxylic acids is 1. The van der Waals surface area contributed by atoms with Crippen LogP contribution in [0.4, 0.5) is 0 Å². The Morgan fingerprint density at radius 3 is 2.32 bits per heavy atom. The highest BCUT2D eigenvalue weighted by molar-refractivity contribution is 5.76. The smallest absolute Gasteiger partial charge is 0.222 e. The molecule has 0 N–H and O–H groups in total. The Kier molecular flexibility index (Phi) is 6.63. The van der Waals surface area contributed by atoms with Gasteiger partial charge in [0, 0.05) is 64.4 Å². The van der Waals surface area contributed by atoms with Gasteiger partial charge in [0.2, 0.25) is 5.91 Å². The van der Waals surface area contributed by atoms with E-state index in [0.29, 0.717) is 23.9 Å². The van der Waals surface area contributed by atoms with Gasteiger partial charge in [0.05, 0.1) is 5.60 Å². The SMILES string of the molecule is CC(C)N1CCN(C2CCOC3(CCN(C(=O)CC4CCCC4)CC3)C2)CC1. The lowest BCUT2D eigenvalue weighted by Crippen LogP contribution is -2.58. The Bertz CT molecular complexity index is 516. The van der Waals surface area contributed by atoms with Gasteiger partial charge in [-0.2, -0.15) is 0 Å². The number of ether oxygens (including phenoxy) is 1. The van der Waals surface area contributed by atoms with Gasteiger partial charge in [-0.05, 0) is 58.3 Å². The van der Waals surface area contributed by atoms with Crippen LogP contribution in [0.2, 0.25) is 0 Å². The van der Waals surface area contributed by atoms with Crippen molar-refractivity contribution in [3.8, 4) is 0 Å². The maximum Gasteiger partial charge on any atom is 0.222 e. The molecule has 0 radical (unpaired) electrons. The summed E-state index contributed by atoms with van der Waals surface area (Å²) in [7, 11) is 0. The monoisotopic (exact) mass is 391 g/mol. The van der Waals surface area contributed by atoms with E-state index in [9.17, 15) is 4.79 Å². The average molecular weight is 392 g/mol. The summed E-state index contributed by atoms with van der Waals surface area (Å²) in [6, 6.07) is 1.33. The molecule has 0 aromatic heterocycles. The first-order valence-electron chi connectivity index (χ1n) is 11.9. The molecule has 1 atom stereocenters. The summed E-state index contributed by atoms with van der Waals surface area (Å²) in [5, 5.41) is 0. The predicted molar refractivity (Wildman–Crippen MR) is 112 cm³/mol. The summed E-state index contributed by atoms with van der Waals surface area (Å²) in [6.07, 6.45) is 10.4. The van der Waals surface area contributed by atoms with Crippen LogP contribution >= 0.6 is 0 Å². The molecular formula is C23H41N3O2. The third kappa shape index (κ3) is 4.73. The average Bonchev–Trinajstić information content (AvgIpc) is 3.22. The molecule has 4 aliphatic rings. The van der Waals surface area contributed by atoms with Crippen LogP contribution in [-0.4, -0.2) is 84.2 Å². The van der Waals surface area contributed by atoms with E-state index in [2.05, 4.69) is 28.5 Å². The first-order valence-corrected chi connectivity index (χ1v) is 11.9. The Labute approximate surface area is 171 Å². The van der Waals surface area contributed by atoms with Gasteiger partial charge < -0.3 is 9.64 Å². The van der Waals surface area contributed by atoms with Crippen molar-refractivity contribution < 1.29 is 9.53 Å². The van der Waals surface area contributed by atoms with E-state index in [-0.39, 0.29) is 5.60 Å². The predicted octanol–water partition coefficient (Wildman–Crippen LogP) is 3.13. The molecule has 160 valence electrons. The number of nitrogens with zero attached hydrogens (tertiary/aromatic N) is 3. The number of piperazine rings is 1. The van der Waals surface area contributed by atoms with Gasteiger partial charge in [0.1, 0.15) is 0 Å². The summed E-state index contributed by atoms with van der Waals surface area (Å²) in [5.41, 5.74) is 0.0300. The number of hydrogen-bond donors (Lipinski definition) is 0. The van der Waals surface area contributed by atoms with Gasteiger partial charge in [-0.3, -0.25) is 14.6 Å². The second kappa shape index (κ2) is 9.01. The third-order valence-corrected chi connectivity index (χ3v) is 8.03. The second-order valence-corrected chi connectivity index (χ2v) is 10.1. The zero-order valence-corrected chi connectivity index (χ0v) is 18.2. The molecule has 0 aromatic carbocycles. The minimum absolute atomic E-state index is 0.0300. The molecule has 28 heavy (non-hydrogen) atoms. The van der Waals surface area contributed by atoms with Crippen LogP contribution in [0.25, 0.3) is 0 Å². The molecule has 1 aliphatic carbocycles. The van der Waals surface area contributed by atoms with Gasteiger partial charge in [0.15, 0.2) is 0 Å². The molecule has 4 fully saturated rings. The number of amides is 1. The van der Waals surface area contributed by atoms with Gasteiger partial charge in [-0.25, -0.2) is 0 Å². The number of piperidine rings is 1. The summed E-state index contributed by atoms with van der Waals surface area (Å²) in [5.74, 6) is 1.06. The van der Waals surface area contributed by atoms with Gasteiger partial charge in [-0.15, -0.1) is 0 Å². The van der Waals surface area contributed by atoms with E-state index in [0.717, 1.165) is 39.0 Å². The quantitative estimate of drug-likeness (QED) is 0.738. The van der Waals surface area contributed by atoms with E-state index < -0.39 is 0 Å². The highest BCUT2D eigenvalue weighted by Gasteiger charge is 2.43. The van der Waals surface area contributed by atoms with Crippen molar-refractivity contribution in [2.24, 2.45) is 5.92 Å². The molecule has 3 heterocycles. The molecule has 5 heteroatoms. The Balaban J connectivity index is 1.26. The van der Waals surface area contributed by atoms with Crippen LogP contribution < -0.4 is 0 Å². The fourth-order valence-electron chi connectivity index (χ4n) is 6.04. The molecule has 1 amide bonds. The molecule has 4 rings (SSSR count). The van der Waals surface area contributed by atoms with E-state index in [4.69, 9.17) is 4.74 Å². The standard InChI is InChI=1S/C23H41N3O2/c1-19(2)24-12-14-25(15-13-24)21-7-16-28-23(18-21)8-10-26(11-9-23)22(27)17-20-5-3-4-6-20/h19-21H,3-18H2,1-2H3. The van der Waals surface area contributed by atoms with Crippen LogP contribution in [0.5, 0.6) is 0 Å². The van der Waals surface area contributed by atoms with Gasteiger partial charge in [-0.1, -0.05) is 12.8 Å². The van der Waals surface area contributed by atoms with Crippen LogP contribution in [0.3, 0.4) is 0 Å². The fourth-order valence-corrected chi connectivity index (χ4v) is 6.04. The van der Waals surface area contributed by atoms with E-state index in [1.165, 1.54) is 64.7 Å². The molecule has 0 bridgehead atoms. The Morgan fingerprint density at radius 1 is 1.00 bits per heavy atom. The largest absolute Gasteiger partial charge is 0.375 e. The van der Waals surface area contributed by atoms with Crippen molar-refractivity contribution >= 4 is 5.91 Å². The lowest BCUT2D eigenvalue weighted by atomic mass is 9.81. The minimum Gasteiger partial charge on any atom is -0.375 e. The fraction of sp³-hybridized carbons (Fsp3) is 0.957. The zero-order chi connectivity index (χ0) is 19.6. The molecule has 3 aliphatic heterocycles. The molecule has 0 aromatic rings. The lowest BCUT2D eigenvalue weighted by molar-refractivity contribution is -0.151. The lowest BCUT2D eigenvalue weighted by Gasteiger charge is -2.50. The van der Waals surface area contributed by atoms with Gasteiger partial charge in [0.25, 0.3) is 0 Å². The first kappa shape index (κ1) is 20.6. The zero-order valence-electron chi connectivity index (χ0n) is 18.2. The summed E-state index contributed by atoms with van der Waals surface area (Å²) in [6.45, 7) is 12.1. The molecule has 1 unspecified atom stereocenters. The van der Waals surface area contributed by atoms with E-state index in [1.54, 1.807) is 0 Å². The van der Waals surface area contributed by atoms with Crippen LogP contribution in [0, 0.1) is 5.92 Å². The third-order valence-electron chi connectivity index (χ3n) is 8.03. The molecule has 5 nitrogen and oxygen atoms in total. The van der Waals surface area contributed by atoms with E-state index >= 15 is 0 Å². The molecular weight excluding hydrogens is 350 g/mol. The van der Waals surface area contributed by atoms with Crippen molar-refractivity contribution in [1.29, 1.82) is 0 Å². The van der Waals surface area contributed by atoms with Gasteiger partial charge >= 0.3 is 0 Å². The topological polar surface area (TPSA) is 36.0 Å². The minimum atomic E-state index is 0.0300. The summed E-state index contributed by atoms with van der Waals surface area (Å²) in [4.78, 5) is 20.2. The Hall–Kier alpha value is -0.650. The molecule has 1 saturated carbocycles. The normalized spacial score (nSPS) is 30.4. The Morgan fingerprint density at radius 2 is 1.68 bits per heavy atom. The highest BCUT2D eigenvalue weighted by Crippen LogP contribution is 2.37. The van der Waals surface area contributed by atoms with Crippen molar-refractivity contribution in [1.82, 2.24) is 14.7 Å². The highest BCUT2D eigenvalue weighted by atomic mass is 16.5. The van der Waals surface area contributed by atoms with Crippen molar-refractivity contribution in [2.45, 2.75) is 89.3 Å². The molecule has 1 spiro atoms. The van der Waals surface area contributed by atoms with Crippen LogP contribution in [-0.2, 0) is 9.53 Å². The summed E-state index contributed by atoms with van der Waals surface area (Å²) < 4.78 is 6.37.